The van der Waals surface area contributed by atoms with Gasteiger partial charge in [0, 0.05) is 6.54 Å². The predicted octanol–water partition coefficient (Wildman–Crippen LogP) is 1.21. The molecule has 0 aromatic carbocycles. The quantitative estimate of drug-likeness (QED) is 0.762. The standard InChI is InChI=1S/C13H20N4O4/c1-5-20-11(18)10-14-9-8-16(6-7-17(9)15-10)12(19)21-13(2,3)4/h5-8H2,1-4H3. The second-order valence-electron chi connectivity index (χ2n) is 5.70. The van der Waals surface area contributed by atoms with Crippen molar-refractivity contribution in [3.8, 4) is 0 Å². The summed E-state index contributed by atoms with van der Waals surface area (Å²) in [7, 11) is 0. The van der Waals surface area contributed by atoms with Crippen LogP contribution in [0.3, 0.4) is 0 Å². The van der Waals surface area contributed by atoms with E-state index >= 15 is 0 Å². The fourth-order valence-electron chi connectivity index (χ4n) is 1.90. The molecular formula is C13H20N4O4. The molecule has 21 heavy (non-hydrogen) atoms. The molecule has 1 aliphatic rings. The Morgan fingerprint density at radius 3 is 2.62 bits per heavy atom. The summed E-state index contributed by atoms with van der Waals surface area (Å²) in [6.07, 6.45) is -0.394. The Labute approximate surface area is 123 Å². The summed E-state index contributed by atoms with van der Waals surface area (Å²) in [5.41, 5.74) is -0.543. The molecule has 1 amide bonds. The molecule has 0 saturated carbocycles. The third-order valence-electron chi connectivity index (χ3n) is 2.77. The van der Waals surface area contributed by atoms with Gasteiger partial charge in [0.05, 0.1) is 19.7 Å². The number of esters is 1. The molecule has 8 nitrogen and oxygen atoms in total. The van der Waals surface area contributed by atoms with E-state index in [9.17, 15) is 9.59 Å². The van der Waals surface area contributed by atoms with Crippen LogP contribution in [0.4, 0.5) is 4.79 Å². The molecule has 8 heteroatoms. The number of aromatic nitrogens is 3. The van der Waals surface area contributed by atoms with E-state index in [-0.39, 0.29) is 19.0 Å². The number of carbonyl (C=O) groups is 2. The molecule has 1 aromatic heterocycles. The van der Waals surface area contributed by atoms with E-state index in [4.69, 9.17) is 9.47 Å². The monoisotopic (exact) mass is 296 g/mol. The molecule has 2 heterocycles. The lowest BCUT2D eigenvalue weighted by molar-refractivity contribution is 0.0190. The van der Waals surface area contributed by atoms with Crippen LogP contribution in [0, 0.1) is 0 Å². The number of carbonyl (C=O) groups excluding carboxylic acids is 2. The van der Waals surface area contributed by atoms with Gasteiger partial charge in [-0.15, -0.1) is 5.10 Å². The highest BCUT2D eigenvalue weighted by molar-refractivity contribution is 5.85. The average molecular weight is 296 g/mol. The van der Waals surface area contributed by atoms with E-state index in [1.165, 1.54) is 0 Å². The zero-order valence-electron chi connectivity index (χ0n) is 12.8. The van der Waals surface area contributed by atoms with Crippen LogP contribution in [0.15, 0.2) is 0 Å². The van der Waals surface area contributed by atoms with Crippen LogP contribution < -0.4 is 0 Å². The van der Waals surface area contributed by atoms with Crippen molar-refractivity contribution < 1.29 is 19.1 Å². The first-order chi connectivity index (χ1) is 9.80. The summed E-state index contributed by atoms with van der Waals surface area (Å²) < 4.78 is 11.8. The van der Waals surface area contributed by atoms with Crippen molar-refractivity contribution in [1.29, 1.82) is 0 Å². The number of fused-ring (bicyclic) bond motifs is 1. The van der Waals surface area contributed by atoms with Crippen LogP contribution in [0.5, 0.6) is 0 Å². The van der Waals surface area contributed by atoms with E-state index in [1.54, 1.807) is 16.5 Å². The predicted molar refractivity (Wildman–Crippen MR) is 72.6 cm³/mol. The number of amides is 1. The lowest BCUT2D eigenvalue weighted by atomic mass is 10.2. The Bertz CT molecular complexity index is 547. The van der Waals surface area contributed by atoms with Crippen molar-refractivity contribution in [1.82, 2.24) is 19.7 Å². The van der Waals surface area contributed by atoms with Gasteiger partial charge in [-0.3, -0.25) is 4.90 Å². The zero-order chi connectivity index (χ0) is 15.6. The van der Waals surface area contributed by atoms with Crippen molar-refractivity contribution >= 4 is 12.1 Å². The highest BCUT2D eigenvalue weighted by atomic mass is 16.6. The summed E-state index contributed by atoms with van der Waals surface area (Å²) in [4.78, 5) is 29.3. The minimum atomic E-state index is -0.553. The molecule has 0 aliphatic carbocycles. The molecule has 116 valence electrons. The molecule has 0 saturated heterocycles. The lowest BCUT2D eigenvalue weighted by Gasteiger charge is -2.29. The Balaban J connectivity index is 2.07. The number of hydrogen-bond acceptors (Lipinski definition) is 6. The van der Waals surface area contributed by atoms with Crippen molar-refractivity contribution in [2.24, 2.45) is 0 Å². The normalized spacial score (nSPS) is 14.6. The van der Waals surface area contributed by atoms with Crippen LogP contribution in [0.1, 0.15) is 44.1 Å². The largest absolute Gasteiger partial charge is 0.460 e. The van der Waals surface area contributed by atoms with Crippen LogP contribution >= 0.6 is 0 Å². The number of nitrogens with zero attached hydrogens (tertiary/aromatic N) is 4. The van der Waals surface area contributed by atoms with Gasteiger partial charge in [0.15, 0.2) is 0 Å². The summed E-state index contributed by atoms with van der Waals surface area (Å²) in [5, 5.41) is 4.09. The van der Waals surface area contributed by atoms with Gasteiger partial charge in [-0.05, 0) is 27.7 Å². The van der Waals surface area contributed by atoms with E-state index in [0.717, 1.165) is 0 Å². The van der Waals surface area contributed by atoms with E-state index < -0.39 is 17.7 Å². The van der Waals surface area contributed by atoms with Gasteiger partial charge in [-0.25, -0.2) is 19.3 Å². The number of hydrogen-bond donors (Lipinski definition) is 0. The van der Waals surface area contributed by atoms with E-state index in [1.807, 2.05) is 20.8 Å². The van der Waals surface area contributed by atoms with Crippen LogP contribution in [0.2, 0.25) is 0 Å². The van der Waals surface area contributed by atoms with Gasteiger partial charge < -0.3 is 9.47 Å². The maximum Gasteiger partial charge on any atom is 0.410 e. The van der Waals surface area contributed by atoms with Gasteiger partial charge in [0.2, 0.25) is 0 Å². The first-order valence-corrected chi connectivity index (χ1v) is 6.89. The molecule has 0 radical (unpaired) electrons. The topological polar surface area (TPSA) is 86.5 Å². The first-order valence-electron chi connectivity index (χ1n) is 6.89. The fraction of sp³-hybridized carbons (Fsp3) is 0.692. The third kappa shape index (κ3) is 3.71. The van der Waals surface area contributed by atoms with Crippen LogP contribution in [-0.2, 0) is 22.6 Å². The maximum atomic E-state index is 12.0. The highest BCUT2D eigenvalue weighted by Crippen LogP contribution is 2.15. The Hall–Kier alpha value is -2.12. The average Bonchev–Trinajstić information content (AvgIpc) is 2.79. The summed E-state index contributed by atoms with van der Waals surface area (Å²) in [6, 6.07) is 0. The molecule has 0 N–H and O–H groups in total. The van der Waals surface area contributed by atoms with Crippen molar-refractivity contribution in [2.45, 2.75) is 46.4 Å². The molecule has 0 bridgehead atoms. The molecule has 0 spiro atoms. The Morgan fingerprint density at radius 1 is 1.29 bits per heavy atom. The zero-order valence-corrected chi connectivity index (χ0v) is 12.8. The SMILES string of the molecule is CCOC(=O)c1nc2n(n1)CCN(C(=O)OC(C)(C)C)C2. The summed E-state index contributed by atoms with van der Waals surface area (Å²) in [5.74, 6) is 0.0243. The second kappa shape index (κ2) is 5.71. The molecular weight excluding hydrogens is 276 g/mol. The Morgan fingerprint density at radius 2 is 2.00 bits per heavy atom. The van der Waals surface area contributed by atoms with E-state index in [2.05, 4.69) is 10.1 Å². The minimum Gasteiger partial charge on any atom is -0.460 e. The van der Waals surface area contributed by atoms with Crippen molar-refractivity contribution in [2.75, 3.05) is 13.2 Å². The van der Waals surface area contributed by atoms with Crippen molar-refractivity contribution in [3.63, 3.8) is 0 Å². The third-order valence-corrected chi connectivity index (χ3v) is 2.77. The van der Waals surface area contributed by atoms with Crippen LogP contribution in [-0.4, -0.2) is 50.5 Å². The molecule has 0 atom stereocenters. The van der Waals surface area contributed by atoms with Gasteiger partial charge >= 0.3 is 12.1 Å². The molecule has 1 aromatic rings. The van der Waals surface area contributed by atoms with Gasteiger partial charge in [-0.2, -0.15) is 0 Å². The molecule has 1 aliphatic heterocycles. The maximum absolute atomic E-state index is 12.0. The lowest BCUT2D eigenvalue weighted by Crippen LogP contribution is -2.41. The number of ether oxygens (including phenoxy) is 2. The Kier molecular flexibility index (Phi) is 4.15. The number of rotatable bonds is 2. The van der Waals surface area contributed by atoms with Crippen molar-refractivity contribution in [3.05, 3.63) is 11.6 Å². The van der Waals surface area contributed by atoms with Crippen LogP contribution in [0.25, 0.3) is 0 Å². The fourth-order valence-corrected chi connectivity index (χ4v) is 1.90. The highest BCUT2D eigenvalue weighted by Gasteiger charge is 2.28. The van der Waals surface area contributed by atoms with Gasteiger partial charge in [0.25, 0.3) is 5.82 Å². The smallest absolute Gasteiger partial charge is 0.410 e. The minimum absolute atomic E-state index is 0.0258. The molecule has 0 unspecified atom stereocenters. The summed E-state index contributed by atoms with van der Waals surface area (Å²) in [6.45, 7) is 8.64. The van der Waals surface area contributed by atoms with E-state index in [0.29, 0.717) is 18.9 Å². The van der Waals surface area contributed by atoms with Gasteiger partial charge in [-0.1, -0.05) is 0 Å². The van der Waals surface area contributed by atoms with Gasteiger partial charge in [0.1, 0.15) is 11.4 Å². The first kappa shape index (κ1) is 15.3. The second-order valence-corrected chi connectivity index (χ2v) is 5.70. The molecule has 2 rings (SSSR count). The summed E-state index contributed by atoms with van der Waals surface area (Å²) >= 11 is 0. The molecule has 0 fully saturated rings.